The second-order valence-corrected chi connectivity index (χ2v) is 7.14. The molecule has 1 unspecified atom stereocenters. The van der Waals surface area contributed by atoms with Gasteiger partial charge in [0.1, 0.15) is 10.9 Å². The molecule has 3 rings (SSSR count). The molecular formula is C21H22Cl2N2O3. The number of carbonyl (C=O) groups is 1. The monoisotopic (exact) mass is 420 g/mol. The van der Waals surface area contributed by atoms with Crippen LogP contribution < -0.4 is 20.2 Å². The van der Waals surface area contributed by atoms with Crippen LogP contribution in [-0.4, -0.2) is 37.3 Å². The van der Waals surface area contributed by atoms with Gasteiger partial charge in [0.2, 0.25) is 0 Å². The molecular weight excluding hydrogens is 399 g/mol. The zero-order valence-corrected chi connectivity index (χ0v) is 17.5. The predicted octanol–water partition coefficient (Wildman–Crippen LogP) is 3.04. The number of hydrogen-bond donors (Lipinski definition) is 0. The van der Waals surface area contributed by atoms with E-state index in [9.17, 15) is 4.79 Å². The van der Waals surface area contributed by atoms with E-state index in [0.29, 0.717) is 24.1 Å². The van der Waals surface area contributed by atoms with E-state index < -0.39 is 6.10 Å². The number of esters is 1. The molecule has 0 saturated carbocycles. The molecule has 0 radical (unpaired) electrons. The van der Waals surface area contributed by atoms with Crippen LogP contribution >= 0.6 is 23.2 Å². The van der Waals surface area contributed by atoms with Crippen LogP contribution in [0, 0.1) is 0 Å². The number of benzene rings is 2. The Bertz CT molecular complexity index is 976. The van der Waals surface area contributed by atoms with E-state index in [-0.39, 0.29) is 5.97 Å². The summed E-state index contributed by atoms with van der Waals surface area (Å²) in [5.41, 5.74) is 0.901. The third-order valence-electron chi connectivity index (χ3n) is 4.46. The van der Waals surface area contributed by atoms with Crippen LogP contribution in [0.2, 0.25) is 0 Å². The van der Waals surface area contributed by atoms with Gasteiger partial charge in [-0.2, -0.15) is 0 Å². The minimum atomic E-state index is -0.668. The van der Waals surface area contributed by atoms with Crippen molar-refractivity contribution in [3.8, 4) is 5.75 Å². The smallest absolute Gasteiger partial charge is 0.347 e. The topological polar surface area (TPSA) is 42.0 Å². The van der Waals surface area contributed by atoms with Gasteiger partial charge in [0.25, 0.3) is 0 Å². The van der Waals surface area contributed by atoms with Gasteiger partial charge < -0.3 is 9.47 Å². The fraction of sp³-hybridized carbons (Fsp3) is 0.286. The standard InChI is InChI=1S/C21H22Cl2N2O3/c1-4-27-21(26)14(2)28-16-11-9-15(10-12-16)24(3)25-13-19(22)17-7-5-6-8-18(17)20(25)23/h5-12,14H,4,13H2,1-3H3. The van der Waals surface area contributed by atoms with Crippen LogP contribution in [-0.2, 0) is 9.53 Å². The number of halogens is 2. The van der Waals surface area contributed by atoms with Crippen molar-refractivity contribution < 1.29 is 14.3 Å². The maximum Gasteiger partial charge on any atom is 0.347 e. The van der Waals surface area contributed by atoms with Crippen molar-refractivity contribution in [1.82, 2.24) is 5.01 Å². The summed E-state index contributed by atoms with van der Waals surface area (Å²) in [6.45, 7) is 4.23. The molecule has 1 aliphatic heterocycles. The molecule has 148 valence electrons. The largest absolute Gasteiger partial charge is 0.479 e. The lowest BCUT2D eigenvalue weighted by Gasteiger charge is -2.36. The van der Waals surface area contributed by atoms with Crippen LogP contribution in [0.25, 0.3) is 10.2 Å². The van der Waals surface area contributed by atoms with Crippen LogP contribution in [0.5, 0.6) is 5.75 Å². The van der Waals surface area contributed by atoms with E-state index >= 15 is 0 Å². The molecule has 2 aromatic rings. The molecule has 0 N–H and O–H groups in total. The Labute approximate surface area is 174 Å². The Morgan fingerprint density at radius 3 is 2.43 bits per heavy atom. The summed E-state index contributed by atoms with van der Waals surface area (Å²) >= 11 is 13.1. The number of anilines is 1. The van der Waals surface area contributed by atoms with Gasteiger partial charge in [-0.05, 0) is 38.1 Å². The summed E-state index contributed by atoms with van der Waals surface area (Å²) in [6, 6.07) is 15.2. The molecule has 0 spiro atoms. The molecule has 28 heavy (non-hydrogen) atoms. The van der Waals surface area contributed by atoms with Gasteiger partial charge >= 0.3 is 5.97 Å². The van der Waals surface area contributed by atoms with Crippen molar-refractivity contribution in [2.75, 3.05) is 25.2 Å². The van der Waals surface area contributed by atoms with Crippen molar-refractivity contribution in [1.29, 1.82) is 0 Å². The highest BCUT2D eigenvalue weighted by Gasteiger charge is 2.21. The fourth-order valence-corrected chi connectivity index (χ4v) is 3.57. The lowest BCUT2D eigenvalue weighted by atomic mass is 10.2. The summed E-state index contributed by atoms with van der Waals surface area (Å²) in [5, 5.41) is 7.03. The van der Waals surface area contributed by atoms with Crippen molar-refractivity contribution >= 4 is 45.0 Å². The lowest BCUT2D eigenvalue weighted by Crippen LogP contribution is -2.47. The van der Waals surface area contributed by atoms with Crippen molar-refractivity contribution in [2.24, 2.45) is 0 Å². The predicted molar refractivity (Wildman–Crippen MR) is 112 cm³/mol. The van der Waals surface area contributed by atoms with E-state index in [0.717, 1.165) is 21.2 Å². The Morgan fingerprint density at radius 1 is 1.14 bits per heavy atom. The second-order valence-electron chi connectivity index (χ2n) is 6.33. The van der Waals surface area contributed by atoms with Crippen LogP contribution in [0.15, 0.2) is 48.5 Å². The fourth-order valence-electron chi connectivity index (χ4n) is 2.95. The van der Waals surface area contributed by atoms with E-state index in [2.05, 4.69) is 0 Å². The molecule has 1 heterocycles. The summed E-state index contributed by atoms with van der Waals surface area (Å²) in [5.74, 6) is 0.198. The van der Waals surface area contributed by atoms with E-state index in [1.807, 2.05) is 53.5 Å². The number of nitrogens with zero attached hydrogens (tertiary/aromatic N) is 2. The van der Waals surface area contributed by atoms with E-state index in [1.165, 1.54) is 0 Å². The number of ether oxygens (including phenoxy) is 2. The maximum absolute atomic E-state index is 11.7. The average Bonchev–Trinajstić information content (AvgIpc) is 2.71. The first-order valence-corrected chi connectivity index (χ1v) is 9.76. The summed E-state index contributed by atoms with van der Waals surface area (Å²) in [4.78, 5) is 11.7. The molecule has 0 saturated heterocycles. The molecule has 7 heteroatoms. The average molecular weight is 421 g/mol. The SMILES string of the molecule is CCOC(=O)C(C)Oc1ccc(N(C)N2CC(Cl)=c3ccccc3=C2Cl)cc1. The number of carbonyl (C=O) groups excluding carboxylic acids is 1. The highest BCUT2D eigenvalue weighted by atomic mass is 35.5. The van der Waals surface area contributed by atoms with Crippen molar-refractivity contribution in [3.63, 3.8) is 0 Å². The normalized spacial score (nSPS) is 14.4. The first-order chi connectivity index (χ1) is 13.4. The van der Waals surface area contributed by atoms with Crippen LogP contribution in [0.3, 0.4) is 0 Å². The van der Waals surface area contributed by atoms with Crippen molar-refractivity contribution in [2.45, 2.75) is 20.0 Å². The molecule has 0 bridgehead atoms. The van der Waals surface area contributed by atoms with Gasteiger partial charge in [0, 0.05) is 22.5 Å². The van der Waals surface area contributed by atoms with Gasteiger partial charge in [-0.15, -0.1) is 0 Å². The Balaban J connectivity index is 1.78. The number of hydrogen-bond acceptors (Lipinski definition) is 5. The number of rotatable bonds is 6. The highest BCUT2D eigenvalue weighted by molar-refractivity contribution is 6.48. The Morgan fingerprint density at radius 2 is 1.79 bits per heavy atom. The maximum atomic E-state index is 11.7. The van der Waals surface area contributed by atoms with Gasteiger partial charge in [0.05, 0.1) is 18.8 Å². The molecule has 0 fully saturated rings. The zero-order valence-electron chi connectivity index (χ0n) is 16.0. The zero-order chi connectivity index (χ0) is 20.3. The number of fused-ring (bicyclic) bond motifs is 1. The van der Waals surface area contributed by atoms with Crippen molar-refractivity contribution in [3.05, 3.63) is 59.0 Å². The van der Waals surface area contributed by atoms with Gasteiger partial charge in [0.15, 0.2) is 6.10 Å². The Kier molecular flexibility index (Phi) is 6.37. The van der Waals surface area contributed by atoms with E-state index in [4.69, 9.17) is 32.7 Å². The van der Waals surface area contributed by atoms with Gasteiger partial charge in [-0.1, -0.05) is 47.5 Å². The third kappa shape index (κ3) is 4.21. The third-order valence-corrected chi connectivity index (χ3v) is 5.18. The Hall–Kier alpha value is -2.37. The quantitative estimate of drug-likeness (QED) is 0.530. The first-order valence-electron chi connectivity index (χ1n) is 9.00. The minimum Gasteiger partial charge on any atom is -0.479 e. The van der Waals surface area contributed by atoms with Gasteiger partial charge in [-0.25, -0.2) is 4.79 Å². The molecule has 5 nitrogen and oxygen atoms in total. The summed E-state index contributed by atoms with van der Waals surface area (Å²) < 4.78 is 10.6. The highest BCUT2D eigenvalue weighted by Crippen LogP contribution is 2.26. The summed E-state index contributed by atoms with van der Waals surface area (Å²) in [6.07, 6.45) is -0.668. The molecule has 0 aromatic heterocycles. The molecule has 0 aliphatic carbocycles. The lowest BCUT2D eigenvalue weighted by molar-refractivity contribution is -0.150. The minimum absolute atomic E-state index is 0.325. The van der Waals surface area contributed by atoms with Gasteiger partial charge in [-0.3, -0.25) is 10.0 Å². The summed E-state index contributed by atoms with van der Waals surface area (Å²) in [7, 11) is 1.91. The molecule has 0 amide bonds. The molecule has 1 aliphatic rings. The van der Waals surface area contributed by atoms with Crippen LogP contribution in [0.1, 0.15) is 13.8 Å². The van der Waals surface area contributed by atoms with Crippen LogP contribution in [0.4, 0.5) is 5.69 Å². The molecule has 2 aromatic carbocycles. The first kappa shape index (κ1) is 20.4. The second kappa shape index (κ2) is 8.76. The van der Waals surface area contributed by atoms with E-state index in [1.54, 1.807) is 26.0 Å². The number of hydrazine groups is 1. The molecule has 1 atom stereocenters.